The number of anilines is 1. The molecule has 0 bridgehead atoms. The summed E-state index contributed by atoms with van der Waals surface area (Å²) in [6.45, 7) is 3.29. The van der Waals surface area contributed by atoms with Gasteiger partial charge in [0.25, 0.3) is 5.89 Å². The number of thiophene rings is 1. The van der Waals surface area contributed by atoms with Gasteiger partial charge in [-0.2, -0.15) is 0 Å². The van der Waals surface area contributed by atoms with Crippen LogP contribution in [0.15, 0.2) is 46.2 Å². The van der Waals surface area contributed by atoms with Crippen molar-refractivity contribution in [2.45, 2.75) is 13.5 Å². The Kier molecular flexibility index (Phi) is 3.96. The maximum atomic E-state index is 13.0. The molecular weight excluding hydrogens is 289 g/mol. The fourth-order valence-electron chi connectivity index (χ4n) is 2.02. The minimum Gasteiger partial charge on any atom is -0.418 e. The van der Waals surface area contributed by atoms with E-state index in [0.29, 0.717) is 18.3 Å². The van der Waals surface area contributed by atoms with Gasteiger partial charge in [-0.25, -0.2) is 4.39 Å². The van der Waals surface area contributed by atoms with Crippen LogP contribution in [0.3, 0.4) is 0 Å². The van der Waals surface area contributed by atoms with Crippen LogP contribution in [-0.4, -0.2) is 16.7 Å². The van der Waals surface area contributed by atoms with Gasteiger partial charge in [0.05, 0.1) is 11.4 Å². The lowest BCUT2D eigenvalue weighted by Gasteiger charge is -2.20. The summed E-state index contributed by atoms with van der Waals surface area (Å²) < 4.78 is 18.7. The van der Waals surface area contributed by atoms with Crippen molar-refractivity contribution in [2.75, 3.05) is 11.4 Å². The Labute approximate surface area is 125 Å². The molecule has 21 heavy (non-hydrogen) atoms. The van der Waals surface area contributed by atoms with E-state index in [-0.39, 0.29) is 5.82 Å². The molecule has 108 valence electrons. The molecule has 0 N–H and O–H groups in total. The van der Waals surface area contributed by atoms with Crippen molar-refractivity contribution in [3.05, 3.63) is 53.5 Å². The Hall–Kier alpha value is -2.21. The molecule has 4 nitrogen and oxygen atoms in total. The summed E-state index contributed by atoms with van der Waals surface area (Å²) in [5.74, 6) is 0.840. The maximum absolute atomic E-state index is 13.0. The Morgan fingerprint density at radius 3 is 2.67 bits per heavy atom. The molecular formula is C15H14FN3OS. The van der Waals surface area contributed by atoms with E-state index in [2.05, 4.69) is 10.2 Å². The molecule has 0 unspecified atom stereocenters. The number of rotatable bonds is 5. The zero-order chi connectivity index (χ0) is 14.7. The third kappa shape index (κ3) is 3.11. The van der Waals surface area contributed by atoms with Gasteiger partial charge in [0.15, 0.2) is 0 Å². The lowest BCUT2D eigenvalue weighted by molar-refractivity contribution is 0.500. The molecule has 2 heterocycles. The zero-order valence-corrected chi connectivity index (χ0v) is 12.3. The van der Waals surface area contributed by atoms with Crippen LogP contribution >= 0.6 is 11.3 Å². The van der Waals surface area contributed by atoms with Crippen molar-refractivity contribution in [2.24, 2.45) is 0 Å². The van der Waals surface area contributed by atoms with Gasteiger partial charge in [0.2, 0.25) is 5.89 Å². The van der Waals surface area contributed by atoms with E-state index in [1.54, 1.807) is 23.5 Å². The lowest BCUT2D eigenvalue weighted by atomic mass is 10.3. The summed E-state index contributed by atoms with van der Waals surface area (Å²) in [4.78, 5) is 3.00. The van der Waals surface area contributed by atoms with Crippen LogP contribution < -0.4 is 4.90 Å². The molecule has 0 radical (unpaired) electrons. The summed E-state index contributed by atoms with van der Waals surface area (Å²) in [5, 5.41) is 10.1. The molecule has 3 rings (SSSR count). The highest BCUT2D eigenvalue weighted by atomic mass is 32.1. The molecule has 0 aliphatic rings. The molecule has 0 fully saturated rings. The zero-order valence-electron chi connectivity index (χ0n) is 11.5. The van der Waals surface area contributed by atoms with Gasteiger partial charge in [-0.05, 0) is 42.6 Å². The quantitative estimate of drug-likeness (QED) is 0.715. The van der Waals surface area contributed by atoms with Crippen LogP contribution in [0.25, 0.3) is 10.8 Å². The van der Waals surface area contributed by atoms with E-state index in [1.165, 1.54) is 12.1 Å². The second kappa shape index (κ2) is 6.05. The van der Waals surface area contributed by atoms with Gasteiger partial charge in [-0.15, -0.1) is 21.5 Å². The van der Waals surface area contributed by atoms with Crippen molar-refractivity contribution in [3.63, 3.8) is 0 Å². The van der Waals surface area contributed by atoms with Gasteiger partial charge >= 0.3 is 0 Å². The predicted molar refractivity (Wildman–Crippen MR) is 80.7 cm³/mol. The van der Waals surface area contributed by atoms with E-state index >= 15 is 0 Å². The van der Waals surface area contributed by atoms with Gasteiger partial charge in [0, 0.05) is 12.2 Å². The van der Waals surface area contributed by atoms with Crippen molar-refractivity contribution >= 4 is 17.0 Å². The van der Waals surface area contributed by atoms with Crippen LogP contribution in [0, 0.1) is 5.82 Å². The Balaban J connectivity index is 1.76. The van der Waals surface area contributed by atoms with Crippen molar-refractivity contribution in [1.82, 2.24) is 10.2 Å². The lowest BCUT2D eigenvalue weighted by Crippen LogP contribution is -2.22. The maximum Gasteiger partial charge on any atom is 0.257 e. The molecule has 2 aromatic heterocycles. The second-order valence-electron chi connectivity index (χ2n) is 4.47. The molecule has 1 aromatic carbocycles. The molecule has 0 aliphatic carbocycles. The van der Waals surface area contributed by atoms with Crippen molar-refractivity contribution in [1.29, 1.82) is 0 Å². The third-order valence-corrected chi connectivity index (χ3v) is 3.96. The average molecular weight is 303 g/mol. The summed E-state index contributed by atoms with van der Waals surface area (Å²) in [6, 6.07) is 10.3. The van der Waals surface area contributed by atoms with Gasteiger partial charge in [0.1, 0.15) is 5.82 Å². The standard InChI is InChI=1S/C15H14FN3OS/c1-2-19(12-7-5-11(16)6-8-12)10-14-17-18-15(20-14)13-4-3-9-21-13/h3-9H,2,10H2,1H3. The van der Waals surface area contributed by atoms with E-state index in [0.717, 1.165) is 17.1 Å². The molecule has 6 heteroatoms. The third-order valence-electron chi connectivity index (χ3n) is 3.10. The van der Waals surface area contributed by atoms with Gasteiger partial charge in [-0.1, -0.05) is 6.07 Å². The van der Waals surface area contributed by atoms with E-state index in [4.69, 9.17) is 4.42 Å². The summed E-state index contributed by atoms with van der Waals surface area (Å²) in [6.07, 6.45) is 0. The minimum absolute atomic E-state index is 0.243. The van der Waals surface area contributed by atoms with Crippen molar-refractivity contribution in [3.8, 4) is 10.8 Å². The molecule has 0 aliphatic heterocycles. The van der Waals surface area contributed by atoms with Crippen LogP contribution in [0.1, 0.15) is 12.8 Å². The van der Waals surface area contributed by atoms with Crippen LogP contribution in [0.4, 0.5) is 10.1 Å². The highest BCUT2D eigenvalue weighted by Crippen LogP contribution is 2.24. The summed E-state index contributed by atoms with van der Waals surface area (Å²) >= 11 is 1.56. The fourth-order valence-corrected chi connectivity index (χ4v) is 2.66. The molecule has 0 spiro atoms. The minimum atomic E-state index is -0.243. The number of nitrogens with zero attached hydrogens (tertiary/aromatic N) is 3. The normalized spacial score (nSPS) is 10.8. The fraction of sp³-hybridized carbons (Fsp3) is 0.200. The molecule has 0 saturated carbocycles. The number of aromatic nitrogens is 2. The molecule has 0 atom stereocenters. The Morgan fingerprint density at radius 1 is 1.19 bits per heavy atom. The van der Waals surface area contributed by atoms with Gasteiger partial charge in [-0.3, -0.25) is 0 Å². The number of benzene rings is 1. The number of halogens is 1. The average Bonchev–Trinajstić information content (AvgIpc) is 3.17. The number of hydrogen-bond donors (Lipinski definition) is 0. The first-order valence-corrected chi connectivity index (χ1v) is 7.51. The largest absolute Gasteiger partial charge is 0.418 e. The van der Waals surface area contributed by atoms with Crippen LogP contribution in [0.2, 0.25) is 0 Å². The first kappa shape index (κ1) is 13.8. The smallest absolute Gasteiger partial charge is 0.257 e. The monoisotopic (exact) mass is 303 g/mol. The molecule has 0 amide bonds. The summed E-state index contributed by atoms with van der Waals surface area (Å²) in [5.41, 5.74) is 0.926. The van der Waals surface area contributed by atoms with Crippen molar-refractivity contribution < 1.29 is 8.81 Å². The first-order chi connectivity index (χ1) is 10.3. The highest BCUT2D eigenvalue weighted by molar-refractivity contribution is 7.13. The first-order valence-electron chi connectivity index (χ1n) is 6.63. The highest BCUT2D eigenvalue weighted by Gasteiger charge is 2.13. The number of hydrogen-bond acceptors (Lipinski definition) is 5. The Bertz CT molecular complexity index is 694. The van der Waals surface area contributed by atoms with Crippen LogP contribution in [0.5, 0.6) is 0 Å². The predicted octanol–water partition coefficient (Wildman–Crippen LogP) is 3.96. The SMILES string of the molecule is CCN(Cc1nnc(-c2cccs2)o1)c1ccc(F)cc1. The molecule has 0 saturated heterocycles. The van der Waals surface area contributed by atoms with E-state index in [1.807, 2.05) is 29.3 Å². The second-order valence-corrected chi connectivity index (χ2v) is 5.42. The van der Waals surface area contributed by atoms with E-state index in [9.17, 15) is 4.39 Å². The van der Waals surface area contributed by atoms with Gasteiger partial charge < -0.3 is 9.32 Å². The molecule has 3 aromatic rings. The van der Waals surface area contributed by atoms with E-state index < -0.39 is 0 Å². The van der Waals surface area contributed by atoms with Crippen LogP contribution in [-0.2, 0) is 6.54 Å². The topological polar surface area (TPSA) is 42.2 Å². The summed E-state index contributed by atoms with van der Waals surface area (Å²) in [7, 11) is 0. The Morgan fingerprint density at radius 2 is 2.00 bits per heavy atom.